The van der Waals surface area contributed by atoms with Crippen molar-refractivity contribution >= 4 is 0 Å². The van der Waals surface area contributed by atoms with Crippen molar-refractivity contribution in [2.45, 2.75) is 12.3 Å². The van der Waals surface area contributed by atoms with Crippen LogP contribution in [0.3, 0.4) is 0 Å². The molecule has 0 radical (unpaired) electrons. The Balaban J connectivity index is 2.31. The predicted octanol–water partition coefficient (Wildman–Crippen LogP) is -1.44. The van der Waals surface area contributed by atoms with Crippen LogP contribution in [0.25, 0.3) is 0 Å². The van der Waals surface area contributed by atoms with Gasteiger partial charge < -0.3 is 0 Å². The van der Waals surface area contributed by atoms with Gasteiger partial charge in [-0.05, 0) is 0 Å². The second-order valence-corrected chi connectivity index (χ2v) is 2.11. The summed E-state index contributed by atoms with van der Waals surface area (Å²) >= 11 is 0. The molecule has 4 heteroatoms. The van der Waals surface area contributed by atoms with E-state index >= 15 is 0 Å². The molecule has 5 aliphatic rings. The van der Waals surface area contributed by atoms with Gasteiger partial charge in [-0.2, -0.15) is 0 Å². The summed E-state index contributed by atoms with van der Waals surface area (Å²) in [5.41, 5.74) is 0. The normalized spacial score (nSPS) is 108. The monoisotopic (exact) mass is 82.0 g/mol. The van der Waals surface area contributed by atoms with Crippen LogP contribution in [0.15, 0.2) is 0 Å². The lowest BCUT2D eigenvalue weighted by molar-refractivity contribution is -0.160. The molecular weight excluding hydrogens is 80.0 g/mol. The van der Waals surface area contributed by atoms with Crippen LogP contribution >= 0.6 is 0 Å². The van der Waals surface area contributed by atoms with Crippen molar-refractivity contribution in [2.24, 2.45) is 0 Å². The lowest BCUT2D eigenvalue weighted by atomic mass is 10.4. The molecule has 0 saturated carbocycles. The molecule has 0 unspecified atom stereocenters. The average Bonchev–Trinajstić information content (AvgIpc) is 1.64. The zero-order valence-corrected chi connectivity index (χ0v) is 2.94. The minimum Gasteiger partial charge on any atom is -0.117 e. The largest absolute Gasteiger partial charge is 0.161 e. The van der Waals surface area contributed by atoms with Crippen molar-refractivity contribution in [3.05, 3.63) is 0 Å². The quantitative estimate of drug-likeness (QED) is 0.331. The summed E-state index contributed by atoms with van der Waals surface area (Å²) in [5, 5.41) is 8.96. The molecule has 0 aromatic heterocycles. The summed E-state index contributed by atoms with van der Waals surface area (Å²) in [7, 11) is 0. The molecule has 0 bridgehead atoms. The number of rotatable bonds is 0. The molecule has 5 saturated heterocycles. The minimum absolute atomic E-state index is 0.852. The summed E-state index contributed by atoms with van der Waals surface area (Å²) in [4.78, 5) is 0. The Morgan fingerprint density at radius 3 is 1.17 bits per heavy atom. The Morgan fingerprint density at radius 2 is 1.00 bits per heavy atom. The van der Waals surface area contributed by atoms with Gasteiger partial charge in [0.2, 0.25) is 0 Å². The molecule has 6 heavy (non-hydrogen) atoms. The fraction of sp³-hybridized carbons (Fsp3) is 1.00. The van der Waals surface area contributed by atoms with Gasteiger partial charge in [0.05, 0.1) is 0 Å². The molecule has 30 valence electrons. The summed E-state index contributed by atoms with van der Waals surface area (Å²) in [6, 6.07) is 0. The topological polar surface area (TPSA) is 12.0 Å². The molecule has 5 rings (SSSR count). The molecule has 4 nitrogen and oxygen atoms in total. The van der Waals surface area contributed by atoms with E-state index in [4.69, 9.17) is 0 Å². The lowest BCUT2D eigenvalue weighted by Gasteiger charge is -2.12. The fourth-order valence-corrected chi connectivity index (χ4v) is 1.50. The second kappa shape index (κ2) is 0.224. The van der Waals surface area contributed by atoms with Crippen LogP contribution in [-0.2, 0) is 0 Å². The van der Waals surface area contributed by atoms with E-state index in [1.807, 2.05) is 0 Å². The van der Waals surface area contributed by atoms with Gasteiger partial charge >= 0.3 is 0 Å². The molecule has 0 amide bonds. The minimum atomic E-state index is 0.852. The maximum absolute atomic E-state index is 2.24. The van der Waals surface area contributed by atoms with Crippen LogP contribution in [0.4, 0.5) is 0 Å². The van der Waals surface area contributed by atoms with Crippen LogP contribution in [0.2, 0.25) is 0 Å². The molecular formula is C2H2N4. The summed E-state index contributed by atoms with van der Waals surface area (Å²) in [5.74, 6) is 0. The predicted molar refractivity (Wildman–Crippen MR) is 14.9 cm³/mol. The van der Waals surface area contributed by atoms with E-state index in [0.717, 1.165) is 12.3 Å². The summed E-state index contributed by atoms with van der Waals surface area (Å²) < 4.78 is 0. The first-order valence-electron chi connectivity index (χ1n) is 2.17. The summed E-state index contributed by atoms with van der Waals surface area (Å²) in [6.07, 6.45) is 1.70. The number of hydrazine groups is 4. The van der Waals surface area contributed by atoms with Gasteiger partial charge in [0.15, 0.2) is 12.3 Å². The zero-order valence-electron chi connectivity index (χ0n) is 2.94. The Bertz CT molecular complexity index is 80.6. The second-order valence-electron chi connectivity index (χ2n) is 2.11. The third-order valence-corrected chi connectivity index (χ3v) is 1.94. The standard InChI is InChI=1S/C2H2N4/c1-2-5-3(1)4(1)6(2)5/h1-2H. The van der Waals surface area contributed by atoms with Gasteiger partial charge in [0, 0.05) is 0 Å². The highest BCUT2D eigenvalue weighted by atomic mass is 16.6. The molecule has 0 aliphatic carbocycles. The first-order valence-corrected chi connectivity index (χ1v) is 2.17. The van der Waals surface area contributed by atoms with Gasteiger partial charge in [-0.3, -0.25) is 0 Å². The van der Waals surface area contributed by atoms with E-state index in [9.17, 15) is 0 Å². The smallest absolute Gasteiger partial charge is 0.117 e. The van der Waals surface area contributed by atoms with Crippen LogP contribution in [0.5, 0.6) is 0 Å². The van der Waals surface area contributed by atoms with E-state index in [1.165, 1.54) is 0 Å². The fourth-order valence-electron chi connectivity index (χ4n) is 1.50. The number of hydrogen-bond donors (Lipinski definition) is 0. The van der Waals surface area contributed by atoms with E-state index in [-0.39, 0.29) is 0 Å². The van der Waals surface area contributed by atoms with Crippen molar-refractivity contribution < 1.29 is 0 Å². The van der Waals surface area contributed by atoms with Crippen molar-refractivity contribution in [1.82, 2.24) is 20.5 Å². The number of hydrogen-bond acceptors (Lipinski definition) is 4. The van der Waals surface area contributed by atoms with E-state index in [2.05, 4.69) is 20.5 Å². The molecule has 0 aromatic carbocycles. The lowest BCUT2D eigenvalue weighted by Crippen LogP contribution is -2.32. The number of nitrogens with zero attached hydrogens (tertiary/aromatic N) is 4. The van der Waals surface area contributed by atoms with Gasteiger partial charge in [-0.15, -0.1) is 20.5 Å². The van der Waals surface area contributed by atoms with Gasteiger partial charge in [-0.1, -0.05) is 0 Å². The highest BCUT2D eigenvalue weighted by Crippen LogP contribution is 2.72. The summed E-state index contributed by atoms with van der Waals surface area (Å²) in [6.45, 7) is 0. The maximum atomic E-state index is 2.24. The first-order chi connectivity index (χ1) is 3.00. The van der Waals surface area contributed by atoms with Crippen LogP contribution < -0.4 is 0 Å². The third-order valence-electron chi connectivity index (χ3n) is 1.94. The van der Waals surface area contributed by atoms with Crippen LogP contribution in [0.1, 0.15) is 0 Å². The Hall–Kier alpha value is -0.160. The van der Waals surface area contributed by atoms with Crippen LogP contribution in [-0.4, -0.2) is 32.8 Å². The SMILES string of the molecule is C12C3N4N1N2N34. The Kier molecular flexibility index (Phi) is 0.0654. The molecule has 0 spiro atoms. The van der Waals surface area contributed by atoms with E-state index < -0.39 is 0 Å². The van der Waals surface area contributed by atoms with Gasteiger partial charge in [0.25, 0.3) is 0 Å². The van der Waals surface area contributed by atoms with E-state index in [1.54, 1.807) is 0 Å². The molecule has 5 heterocycles. The molecule has 5 fully saturated rings. The first kappa shape index (κ1) is 1.75. The van der Waals surface area contributed by atoms with Crippen molar-refractivity contribution in [1.29, 1.82) is 0 Å². The highest BCUT2D eigenvalue weighted by Gasteiger charge is 2.98. The zero-order chi connectivity index (χ0) is 3.46. The third kappa shape index (κ3) is 0.0306. The van der Waals surface area contributed by atoms with Crippen molar-refractivity contribution in [3.8, 4) is 0 Å². The van der Waals surface area contributed by atoms with Crippen molar-refractivity contribution in [2.75, 3.05) is 0 Å². The molecule has 0 N–H and O–H groups in total. The highest BCUT2D eigenvalue weighted by molar-refractivity contribution is 5.20. The molecule has 0 aromatic rings. The molecule has 0 atom stereocenters. The Labute approximate surface area is 34.0 Å². The van der Waals surface area contributed by atoms with Gasteiger partial charge in [-0.25, -0.2) is 0 Å². The molecule has 5 aliphatic heterocycles. The van der Waals surface area contributed by atoms with Crippen LogP contribution in [0, 0.1) is 0 Å². The maximum Gasteiger partial charge on any atom is 0.161 e. The Morgan fingerprint density at radius 1 is 0.667 bits per heavy atom. The van der Waals surface area contributed by atoms with Crippen molar-refractivity contribution in [3.63, 3.8) is 0 Å². The van der Waals surface area contributed by atoms with E-state index in [0.29, 0.717) is 0 Å². The van der Waals surface area contributed by atoms with Gasteiger partial charge in [0.1, 0.15) is 0 Å². The average molecular weight is 82.1 g/mol.